The summed E-state index contributed by atoms with van der Waals surface area (Å²) in [6.45, 7) is 3.39. The molecule has 0 amide bonds. The smallest absolute Gasteiger partial charge is 0.206 e. The first kappa shape index (κ1) is 5.98. The Bertz CT molecular complexity index is 76.8. The lowest BCUT2D eigenvalue weighted by Gasteiger charge is -1.79. The highest BCUT2D eigenvalue weighted by Crippen LogP contribution is 1.85. The highest BCUT2D eigenvalue weighted by Gasteiger charge is 1.87. The molecule has 0 bridgehead atoms. The van der Waals surface area contributed by atoms with Crippen LogP contribution in [0.25, 0.3) is 0 Å². The Morgan fingerprint density at radius 3 is 2.00 bits per heavy atom. The minimum absolute atomic E-state index is 0.179. The van der Waals surface area contributed by atoms with Gasteiger partial charge in [-0.05, 0) is 5.20 Å². The molecule has 0 atom stereocenters. The van der Waals surface area contributed by atoms with Crippen LogP contribution in [0.5, 0.6) is 0 Å². The molecule has 0 spiro atoms. The predicted molar refractivity (Wildman–Crippen MR) is 33.1 cm³/mol. The zero-order chi connectivity index (χ0) is 5.15. The lowest BCUT2D eigenvalue weighted by Crippen LogP contribution is -1.87. The fourth-order valence-electron chi connectivity index (χ4n) is 0. The molecule has 0 unspecified atom stereocenters. The molecule has 0 saturated heterocycles. The lowest BCUT2D eigenvalue weighted by atomic mass is 10.7. The molecular weight excluding hydrogens is 112 g/mol. The van der Waals surface area contributed by atoms with Crippen molar-refractivity contribution in [2.24, 2.45) is 0 Å². The van der Waals surface area contributed by atoms with Crippen molar-refractivity contribution >= 4 is 28.0 Å². The van der Waals surface area contributed by atoms with Gasteiger partial charge in [0.25, 0.3) is 0 Å². The quantitative estimate of drug-likeness (QED) is 0.274. The van der Waals surface area contributed by atoms with Crippen molar-refractivity contribution < 1.29 is 4.79 Å². The molecule has 0 fully saturated rings. The standard InChI is InChI=1S/C3H6OSSi/c1-2(6)3(4)5/h1H2,6H3,(H,4,5). The largest absolute Gasteiger partial charge is 0.283 e. The van der Waals surface area contributed by atoms with Crippen LogP contribution in [0.3, 0.4) is 0 Å². The summed E-state index contributed by atoms with van der Waals surface area (Å²) in [7, 11) is 0.733. The van der Waals surface area contributed by atoms with Crippen molar-refractivity contribution in [1.29, 1.82) is 0 Å². The Balaban J connectivity index is 3.57. The fraction of sp³-hybridized carbons (Fsp3) is 0. The molecule has 0 aliphatic carbocycles. The number of hydrogen-bond acceptors (Lipinski definition) is 1. The summed E-state index contributed by atoms with van der Waals surface area (Å²) in [5.74, 6) is 0. The molecule has 0 aliphatic heterocycles. The van der Waals surface area contributed by atoms with Gasteiger partial charge in [0.15, 0.2) is 0 Å². The number of carbonyl (C=O) groups excluding carboxylic acids is 1. The molecule has 34 valence electrons. The molecule has 0 rings (SSSR count). The van der Waals surface area contributed by atoms with Crippen molar-refractivity contribution in [2.45, 2.75) is 0 Å². The van der Waals surface area contributed by atoms with Crippen molar-refractivity contribution in [1.82, 2.24) is 0 Å². The summed E-state index contributed by atoms with van der Waals surface area (Å²) in [5.41, 5.74) is 0. The average Bonchev–Trinajstić information content (AvgIpc) is 1.36. The van der Waals surface area contributed by atoms with E-state index in [1.54, 1.807) is 0 Å². The van der Waals surface area contributed by atoms with Crippen LogP contribution in [0, 0.1) is 0 Å². The maximum Gasteiger partial charge on any atom is 0.206 e. The highest BCUT2D eigenvalue weighted by molar-refractivity contribution is 7.97. The van der Waals surface area contributed by atoms with E-state index in [4.69, 9.17) is 0 Å². The molecule has 6 heavy (non-hydrogen) atoms. The molecule has 0 aliphatic rings. The van der Waals surface area contributed by atoms with E-state index in [2.05, 4.69) is 19.2 Å². The first-order valence-corrected chi connectivity index (χ1v) is 2.98. The van der Waals surface area contributed by atoms with Crippen LogP contribution in [-0.4, -0.2) is 15.4 Å². The van der Waals surface area contributed by atoms with Crippen LogP contribution in [0.4, 0.5) is 0 Å². The number of carbonyl (C=O) groups is 1. The Morgan fingerprint density at radius 1 is 1.83 bits per heavy atom. The van der Waals surface area contributed by atoms with Crippen molar-refractivity contribution in [2.75, 3.05) is 0 Å². The van der Waals surface area contributed by atoms with Gasteiger partial charge in [0.1, 0.15) is 0 Å². The van der Waals surface area contributed by atoms with Crippen LogP contribution in [0.15, 0.2) is 11.8 Å². The summed E-state index contributed by atoms with van der Waals surface area (Å²) in [6, 6.07) is 0. The van der Waals surface area contributed by atoms with Crippen LogP contribution in [0.1, 0.15) is 0 Å². The topological polar surface area (TPSA) is 17.1 Å². The normalized spacial score (nSPS) is 8.17. The number of hydrogen-bond donors (Lipinski definition) is 1. The van der Waals surface area contributed by atoms with E-state index < -0.39 is 0 Å². The summed E-state index contributed by atoms with van der Waals surface area (Å²) in [6.07, 6.45) is 0. The van der Waals surface area contributed by atoms with E-state index in [0.717, 1.165) is 10.2 Å². The fourth-order valence-corrected chi connectivity index (χ4v) is 0. The van der Waals surface area contributed by atoms with Gasteiger partial charge in [0.2, 0.25) is 5.12 Å². The maximum atomic E-state index is 9.94. The third kappa shape index (κ3) is 2.23. The second kappa shape index (κ2) is 2.20. The van der Waals surface area contributed by atoms with Gasteiger partial charge >= 0.3 is 0 Å². The third-order valence-electron chi connectivity index (χ3n) is 0.365. The van der Waals surface area contributed by atoms with E-state index in [1.165, 1.54) is 0 Å². The van der Waals surface area contributed by atoms with E-state index >= 15 is 0 Å². The minimum atomic E-state index is -0.179. The minimum Gasteiger partial charge on any atom is -0.283 e. The molecule has 0 heterocycles. The average molecular weight is 118 g/mol. The molecule has 0 radical (unpaired) electrons. The SMILES string of the molecule is C=C([SiH3])C(=O)S. The van der Waals surface area contributed by atoms with Gasteiger partial charge in [0, 0.05) is 10.2 Å². The van der Waals surface area contributed by atoms with E-state index in [1.807, 2.05) is 0 Å². The maximum absolute atomic E-state index is 9.94. The Morgan fingerprint density at radius 2 is 2.00 bits per heavy atom. The van der Waals surface area contributed by atoms with Gasteiger partial charge in [-0.1, -0.05) is 6.58 Å². The Kier molecular flexibility index (Phi) is 2.19. The van der Waals surface area contributed by atoms with Crippen molar-refractivity contribution in [3.63, 3.8) is 0 Å². The highest BCUT2D eigenvalue weighted by atomic mass is 32.1. The zero-order valence-electron chi connectivity index (χ0n) is 3.56. The second-order valence-electron chi connectivity index (χ2n) is 1.09. The molecule has 0 aromatic heterocycles. The van der Waals surface area contributed by atoms with Crippen molar-refractivity contribution in [3.8, 4) is 0 Å². The van der Waals surface area contributed by atoms with Gasteiger partial charge in [-0.2, -0.15) is 0 Å². The molecule has 0 saturated carbocycles. The van der Waals surface area contributed by atoms with Crippen molar-refractivity contribution in [3.05, 3.63) is 11.8 Å². The molecule has 0 N–H and O–H groups in total. The first-order valence-electron chi connectivity index (χ1n) is 1.53. The Hall–Kier alpha value is -0.0231. The van der Waals surface area contributed by atoms with Gasteiger partial charge in [-0.25, -0.2) is 0 Å². The number of thiol groups is 1. The monoisotopic (exact) mass is 118 g/mol. The molecule has 3 heteroatoms. The lowest BCUT2D eigenvalue weighted by molar-refractivity contribution is -0.107. The zero-order valence-corrected chi connectivity index (χ0v) is 6.46. The van der Waals surface area contributed by atoms with Gasteiger partial charge in [-0.15, -0.1) is 12.6 Å². The van der Waals surface area contributed by atoms with E-state index in [0.29, 0.717) is 5.20 Å². The third-order valence-corrected chi connectivity index (χ3v) is 1.62. The van der Waals surface area contributed by atoms with Crippen LogP contribution in [0.2, 0.25) is 0 Å². The first-order chi connectivity index (χ1) is 2.64. The summed E-state index contributed by atoms with van der Waals surface area (Å²) >= 11 is 3.49. The summed E-state index contributed by atoms with van der Waals surface area (Å²) in [4.78, 5) is 9.94. The predicted octanol–water partition coefficient (Wildman–Crippen LogP) is -0.678. The second-order valence-corrected chi connectivity index (χ2v) is 2.70. The number of rotatable bonds is 1. The van der Waals surface area contributed by atoms with Crippen LogP contribution >= 0.6 is 12.6 Å². The molecule has 1 nitrogen and oxygen atoms in total. The van der Waals surface area contributed by atoms with Gasteiger partial charge < -0.3 is 0 Å². The Labute approximate surface area is 45.3 Å². The van der Waals surface area contributed by atoms with Crippen LogP contribution in [-0.2, 0) is 4.79 Å². The molecule has 0 aromatic rings. The van der Waals surface area contributed by atoms with E-state index in [9.17, 15) is 4.79 Å². The van der Waals surface area contributed by atoms with Gasteiger partial charge in [0.05, 0.1) is 0 Å². The molecule has 0 aromatic carbocycles. The van der Waals surface area contributed by atoms with E-state index in [-0.39, 0.29) is 5.12 Å². The van der Waals surface area contributed by atoms with Gasteiger partial charge in [-0.3, -0.25) is 4.79 Å². The summed E-state index contributed by atoms with van der Waals surface area (Å²) < 4.78 is 0. The summed E-state index contributed by atoms with van der Waals surface area (Å²) in [5, 5.41) is 0.444. The van der Waals surface area contributed by atoms with Crippen LogP contribution < -0.4 is 0 Å². The molecular formula is C3H6OSSi.